The SMILES string of the molecule is O=C(c1cscn1)N1CC[C@@H](OCC2CC2)[C@H]1Cc1ccncc1. The first-order chi connectivity index (χ1) is 11.8. The van der Waals surface area contributed by atoms with Crippen LogP contribution in [0.1, 0.15) is 35.3 Å². The van der Waals surface area contributed by atoms with E-state index >= 15 is 0 Å². The highest BCUT2D eigenvalue weighted by Crippen LogP contribution is 2.32. The lowest BCUT2D eigenvalue weighted by molar-refractivity contribution is 0.0199. The van der Waals surface area contributed by atoms with Gasteiger partial charge in [-0.15, -0.1) is 11.3 Å². The molecule has 1 saturated carbocycles. The highest BCUT2D eigenvalue weighted by Gasteiger charge is 2.39. The molecule has 24 heavy (non-hydrogen) atoms. The van der Waals surface area contributed by atoms with E-state index in [1.807, 2.05) is 22.4 Å². The normalized spacial score (nSPS) is 23.6. The summed E-state index contributed by atoms with van der Waals surface area (Å²) < 4.78 is 6.18. The molecule has 1 saturated heterocycles. The van der Waals surface area contributed by atoms with Gasteiger partial charge in [-0.05, 0) is 49.3 Å². The van der Waals surface area contributed by atoms with Gasteiger partial charge in [0.1, 0.15) is 5.69 Å². The maximum Gasteiger partial charge on any atom is 0.273 e. The number of thiazole rings is 1. The molecule has 0 aromatic carbocycles. The van der Waals surface area contributed by atoms with Crippen LogP contribution in [0.2, 0.25) is 0 Å². The van der Waals surface area contributed by atoms with Crippen molar-refractivity contribution in [3.8, 4) is 0 Å². The molecule has 126 valence electrons. The Balaban J connectivity index is 1.51. The number of ether oxygens (including phenoxy) is 1. The van der Waals surface area contributed by atoms with Gasteiger partial charge in [-0.25, -0.2) is 4.98 Å². The van der Waals surface area contributed by atoms with Gasteiger partial charge in [0, 0.05) is 30.9 Å². The van der Waals surface area contributed by atoms with Crippen LogP contribution in [-0.2, 0) is 11.2 Å². The molecule has 6 heteroatoms. The Kier molecular flexibility index (Phi) is 4.58. The topological polar surface area (TPSA) is 55.3 Å². The second-order valence-electron chi connectivity index (χ2n) is 6.60. The summed E-state index contributed by atoms with van der Waals surface area (Å²) in [7, 11) is 0. The van der Waals surface area contributed by atoms with Crippen LogP contribution in [0.5, 0.6) is 0 Å². The molecular weight excluding hydrogens is 322 g/mol. The van der Waals surface area contributed by atoms with Crippen molar-refractivity contribution in [2.45, 2.75) is 37.8 Å². The summed E-state index contributed by atoms with van der Waals surface area (Å²) in [4.78, 5) is 23.0. The van der Waals surface area contributed by atoms with Gasteiger partial charge in [0.05, 0.1) is 17.7 Å². The largest absolute Gasteiger partial charge is 0.376 e. The quantitative estimate of drug-likeness (QED) is 0.809. The fraction of sp³-hybridized carbons (Fsp3) is 0.500. The van der Waals surface area contributed by atoms with Gasteiger partial charge in [0.15, 0.2) is 0 Å². The van der Waals surface area contributed by atoms with Gasteiger partial charge in [0.2, 0.25) is 0 Å². The van der Waals surface area contributed by atoms with Crippen LogP contribution in [-0.4, -0.2) is 46.1 Å². The number of hydrogen-bond donors (Lipinski definition) is 0. The second-order valence-corrected chi connectivity index (χ2v) is 7.32. The van der Waals surface area contributed by atoms with Crippen molar-refractivity contribution in [2.24, 2.45) is 5.92 Å². The number of nitrogens with zero attached hydrogens (tertiary/aromatic N) is 3. The van der Waals surface area contributed by atoms with E-state index in [4.69, 9.17) is 4.74 Å². The molecule has 4 rings (SSSR count). The lowest BCUT2D eigenvalue weighted by Gasteiger charge is -2.28. The average molecular weight is 343 g/mol. The van der Waals surface area contributed by atoms with Crippen LogP contribution in [0.4, 0.5) is 0 Å². The van der Waals surface area contributed by atoms with Crippen LogP contribution in [0.25, 0.3) is 0 Å². The first-order valence-electron chi connectivity index (χ1n) is 8.51. The first-order valence-corrected chi connectivity index (χ1v) is 9.45. The Morgan fingerprint density at radius 1 is 1.29 bits per heavy atom. The number of hydrogen-bond acceptors (Lipinski definition) is 5. The van der Waals surface area contributed by atoms with E-state index < -0.39 is 0 Å². The van der Waals surface area contributed by atoms with Crippen LogP contribution in [0.15, 0.2) is 35.4 Å². The van der Waals surface area contributed by atoms with Gasteiger partial charge in [-0.2, -0.15) is 0 Å². The van der Waals surface area contributed by atoms with E-state index in [0.29, 0.717) is 5.69 Å². The molecule has 1 amide bonds. The fourth-order valence-corrected chi connectivity index (χ4v) is 3.81. The zero-order chi connectivity index (χ0) is 16.4. The lowest BCUT2D eigenvalue weighted by atomic mass is 10.0. The Morgan fingerprint density at radius 3 is 2.83 bits per heavy atom. The predicted molar refractivity (Wildman–Crippen MR) is 92.0 cm³/mol. The van der Waals surface area contributed by atoms with Crippen molar-refractivity contribution < 1.29 is 9.53 Å². The minimum absolute atomic E-state index is 0.0211. The smallest absolute Gasteiger partial charge is 0.273 e. The molecule has 2 aromatic rings. The van der Waals surface area contributed by atoms with E-state index in [2.05, 4.69) is 9.97 Å². The van der Waals surface area contributed by atoms with Crippen LogP contribution in [0, 0.1) is 5.92 Å². The molecule has 2 aliphatic rings. The molecule has 1 aliphatic heterocycles. The van der Waals surface area contributed by atoms with Gasteiger partial charge in [-0.1, -0.05) is 0 Å². The van der Waals surface area contributed by atoms with E-state index in [0.717, 1.165) is 31.9 Å². The summed E-state index contributed by atoms with van der Waals surface area (Å²) in [6, 6.07) is 4.10. The maximum absolute atomic E-state index is 12.8. The third kappa shape index (κ3) is 3.49. The minimum Gasteiger partial charge on any atom is -0.376 e. The van der Waals surface area contributed by atoms with Gasteiger partial charge >= 0.3 is 0 Å². The molecule has 5 nitrogen and oxygen atoms in total. The fourth-order valence-electron chi connectivity index (χ4n) is 3.28. The first kappa shape index (κ1) is 15.7. The molecule has 0 bridgehead atoms. The Hall–Kier alpha value is -1.79. The second kappa shape index (κ2) is 6.99. The highest BCUT2D eigenvalue weighted by molar-refractivity contribution is 7.07. The third-order valence-electron chi connectivity index (χ3n) is 4.83. The van der Waals surface area contributed by atoms with Gasteiger partial charge < -0.3 is 9.64 Å². The van der Waals surface area contributed by atoms with Crippen molar-refractivity contribution in [2.75, 3.05) is 13.2 Å². The summed E-state index contributed by atoms with van der Waals surface area (Å²) in [6.07, 6.45) is 7.98. The third-order valence-corrected chi connectivity index (χ3v) is 5.42. The van der Waals surface area contributed by atoms with Gasteiger partial charge in [-0.3, -0.25) is 9.78 Å². The average Bonchev–Trinajstić information content (AvgIpc) is 3.12. The van der Waals surface area contributed by atoms with E-state index in [-0.39, 0.29) is 18.1 Å². The molecular formula is C18H21N3O2S. The molecule has 0 radical (unpaired) electrons. The molecule has 2 atom stereocenters. The summed E-state index contributed by atoms with van der Waals surface area (Å²) in [5, 5.41) is 1.82. The number of likely N-dealkylation sites (tertiary alicyclic amines) is 1. The number of aromatic nitrogens is 2. The van der Waals surface area contributed by atoms with Crippen molar-refractivity contribution in [3.63, 3.8) is 0 Å². The summed E-state index contributed by atoms with van der Waals surface area (Å²) in [5.74, 6) is 0.752. The van der Waals surface area contributed by atoms with Crippen molar-refractivity contribution in [1.29, 1.82) is 0 Å². The number of pyridine rings is 1. The molecule has 0 N–H and O–H groups in total. The Bertz CT molecular complexity index is 673. The molecule has 0 spiro atoms. The molecule has 1 aliphatic carbocycles. The summed E-state index contributed by atoms with van der Waals surface area (Å²) >= 11 is 1.46. The predicted octanol–water partition coefficient (Wildman–Crippen LogP) is 2.79. The van der Waals surface area contributed by atoms with Crippen molar-refractivity contribution in [1.82, 2.24) is 14.9 Å². The maximum atomic E-state index is 12.8. The monoisotopic (exact) mass is 343 g/mol. The minimum atomic E-state index is 0.0211. The molecule has 0 unspecified atom stereocenters. The zero-order valence-corrected chi connectivity index (χ0v) is 14.3. The van der Waals surface area contributed by atoms with Crippen molar-refractivity contribution >= 4 is 17.2 Å². The van der Waals surface area contributed by atoms with Gasteiger partial charge in [0.25, 0.3) is 5.91 Å². The zero-order valence-electron chi connectivity index (χ0n) is 13.5. The van der Waals surface area contributed by atoms with Crippen LogP contribution in [0.3, 0.4) is 0 Å². The standard InChI is InChI=1S/C18H21N3O2S/c22-18(15-11-24-12-20-15)21-8-5-17(23-10-14-1-2-14)16(21)9-13-3-6-19-7-4-13/h3-4,6-7,11-12,14,16-17H,1-2,5,8-10H2/t16-,17-/m1/s1. The molecule has 2 aromatic heterocycles. The lowest BCUT2D eigenvalue weighted by Crippen LogP contribution is -2.42. The number of amides is 1. The van der Waals surface area contributed by atoms with Crippen LogP contribution >= 0.6 is 11.3 Å². The van der Waals surface area contributed by atoms with E-state index in [9.17, 15) is 4.79 Å². The Morgan fingerprint density at radius 2 is 2.12 bits per heavy atom. The van der Waals surface area contributed by atoms with Crippen molar-refractivity contribution in [3.05, 3.63) is 46.7 Å². The number of carbonyl (C=O) groups is 1. The van der Waals surface area contributed by atoms with E-state index in [1.165, 1.54) is 29.7 Å². The number of rotatable bonds is 6. The Labute approximate surface area is 145 Å². The number of carbonyl (C=O) groups excluding carboxylic acids is 1. The summed E-state index contributed by atoms with van der Waals surface area (Å²) in [6.45, 7) is 1.57. The highest BCUT2D eigenvalue weighted by atomic mass is 32.1. The molecule has 2 fully saturated rings. The van der Waals surface area contributed by atoms with Crippen LogP contribution < -0.4 is 0 Å². The summed E-state index contributed by atoms with van der Waals surface area (Å²) in [5.41, 5.74) is 3.44. The van der Waals surface area contributed by atoms with E-state index in [1.54, 1.807) is 17.9 Å². The molecule has 3 heterocycles.